The molecular formula is C13H13ClN2O3. The largest absolute Gasteiger partial charge is 0.507 e. The van der Waals surface area contributed by atoms with Crippen LogP contribution in [0.4, 0.5) is 0 Å². The molecule has 1 aromatic carbocycles. The molecule has 0 radical (unpaired) electrons. The molecule has 0 saturated heterocycles. The van der Waals surface area contributed by atoms with Gasteiger partial charge in [0.15, 0.2) is 0 Å². The number of hydrogen-bond acceptors (Lipinski definition) is 3. The van der Waals surface area contributed by atoms with Crippen LogP contribution in [-0.2, 0) is 0 Å². The van der Waals surface area contributed by atoms with Gasteiger partial charge in [0.25, 0.3) is 0 Å². The van der Waals surface area contributed by atoms with Gasteiger partial charge in [-0.3, -0.25) is 5.10 Å². The summed E-state index contributed by atoms with van der Waals surface area (Å²) < 4.78 is 0. The molecule has 0 bridgehead atoms. The first-order chi connectivity index (χ1) is 8.84. The number of benzene rings is 1. The van der Waals surface area contributed by atoms with Crippen LogP contribution in [0, 0.1) is 20.8 Å². The molecule has 0 atom stereocenters. The number of nitrogens with zero attached hydrogens (tertiary/aromatic N) is 1. The van der Waals surface area contributed by atoms with Crippen molar-refractivity contribution in [3.8, 4) is 17.0 Å². The number of aromatic carboxylic acids is 1. The predicted molar refractivity (Wildman–Crippen MR) is 71.9 cm³/mol. The Bertz CT molecular complexity index is 648. The zero-order valence-corrected chi connectivity index (χ0v) is 11.5. The van der Waals surface area contributed by atoms with Gasteiger partial charge in [-0.15, -0.1) is 0 Å². The molecular weight excluding hydrogens is 268 g/mol. The van der Waals surface area contributed by atoms with Crippen LogP contribution < -0.4 is 0 Å². The highest BCUT2D eigenvalue weighted by Crippen LogP contribution is 2.40. The maximum absolute atomic E-state index is 10.8. The maximum atomic E-state index is 10.8. The van der Waals surface area contributed by atoms with Crippen molar-refractivity contribution in [2.24, 2.45) is 0 Å². The van der Waals surface area contributed by atoms with Gasteiger partial charge in [0.1, 0.15) is 11.4 Å². The average molecular weight is 281 g/mol. The van der Waals surface area contributed by atoms with Crippen molar-refractivity contribution in [1.29, 1.82) is 0 Å². The van der Waals surface area contributed by atoms with Gasteiger partial charge in [0, 0.05) is 10.6 Å². The maximum Gasteiger partial charge on any atom is 0.353 e. The van der Waals surface area contributed by atoms with Crippen LogP contribution in [0.15, 0.2) is 6.07 Å². The van der Waals surface area contributed by atoms with Crippen LogP contribution in [-0.4, -0.2) is 26.4 Å². The first kappa shape index (κ1) is 13.4. The molecule has 1 aromatic heterocycles. The highest BCUT2D eigenvalue weighted by atomic mass is 35.5. The van der Waals surface area contributed by atoms with Gasteiger partial charge in [0.2, 0.25) is 0 Å². The van der Waals surface area contributed by atoms with Gasteiger partial charge in [-0.1, -0.05) is 11.6 Å². The van der Waals surface area contributed by atoms with E-state index in [2.05, 4.69) is 10.2 Å². The fourth-order valence-electron chi connectivity index (χ4n) is 1.97. The van der Waals surface area contributed by atoms with Crippen LogP contribution in [0.3, 0.4) is 0 Å². The Morgan fingerprint density at radius 2 is 1.89 bits per heavy atom. The summed E-state index contributed by atoms with van der Waals surface area (Å²) in [6.45, 7) is 5.34. The number of carbonyl (C=O) groups is 1. The summed E-state index contributed by atoms with van der Waals surface area (Å²) in [6.07, 6.45) is 0. The molecule has 2 rings (SSSR count). The molecule has 1 heterocycles. The topological polar surface area (TPSA) is 86.2 Å². The van der Waals surface area contributed by atoms with Crippen LogP contribution in [0.1, 0.15) is 27.2 Å². The molecule has 3 N–H and O–H groups in total. The Morgan fingerprint density at radius 1 is 1.26 bits per heavy atom. The Hall–Kier alpha value is -2.01. The molecule has 19 heavy (non-hydrogen) atoms. The standard InChI is InChI=1S/C13H13ClN2O3/c1-5-6(2)12(17)10(7(3)11(5)14)8-4-9(13(18)19)16-15-8/h4,17H,1-3H3,(H,15,16)(H,18,19). The van der Waals surface area contributed by atoms with E-state index < -0.39 is 5.97 Å². The van der Waals surface area contributed by atoms with E-state index in [4.69, 9.17) is 16.7 Å². The molecule has 100 valence electrons. The van der Waals surface area contributed by atoms with Crippen molar-refractivity contribution in [2.45, 2.75) is 20.8 Å². The summed E-state index contributed by atoms with van der Waals surface area (Å²) in [4.78, 5) is 10.8. The zero-order chi connectivity index (χ0) is 14.3. The van der Waals surface area contributed by atoms with E-state index in [1.165, 1.54) is 6.07 Å². The first-order valence-corrected chi connectivity index (χ1v) is 5.99. The van der Waals surface area contributed by atoms with Crippen molar-refractivity contribution in [3.63, 3.8) is 0 Å². The van der Waals surface area contributed by atoms with E-state index in [9.17, 15) is 9.90 Å². The minimum atomic E-state index is -1.11. The van der Waals surface area contributed by atoms with Crippen molar-refractivity contribution in [2.75, 3.05) is 0 Å². The number of aromatic hydroxyl groups is 1. The van der Waals surface area contributed by atoms with Gasteiger partial charge in [-0.05, 0) is 43.5 Å². The number of rotatable bonds is 2. The van der Waals surface area contributed by atoms with Gasteiger partial charge in [0.05, 0.1) is 5.69 Å². The average Bonchev–Trinajstić information content (AvgIpc) is 2.84. The Balaban J connectivity index is 2.71. The van der Waals surface area contributed by atoms with Crippen LogP contribution in [0.2, 0.25) is 5.02 Å². The number of carboxylic acid groups (broad SMARTS) is 1. The minimum Gasteiger partial charge on any atom is -0.507 e. The normalized spacial score (nSPS) is 10.7. The first-order valence-electron chi connectivity index (χ1n) is 5.61. The number of carboxylic acids is 1. The second kappa shape index (κ2) is 4.59. The van der Waals surface area contributed by atoms with Crippen LogP contribution in [0.25, 0.3) is 11.3 Å². The molecule has 0 aliphatic rings. The second-order valence-electron chi connectivity index (χ2n) is 4.38. The van der Waals surface area contributed by atoms with Gasteiger partial charge >= 0.3 is 5.97 Å². The molecule has 0 unspecified atom stereocenters. The van der Waals surface area contributed by atoms with E-state index in [0.717, 1.165) is 5.56 Å². The summed E-state index contributed by atoms with van der Waals surface area (Å²) in [5, 5.41) is 26.0. The number of hydrogen-bond donors (Lipinski definition) is 3. The molecule has 0 saturated carbocycles. The zero-order valence-electron chi connectivity index (χ0n) is 10.7. The number of H-pyrrole nitrogens is 1. The Kier molecular flexibility index (Phi) is 3.24. The van der Waals surface area contributed by atoms with Gasteiger partial charge in [-0.25, -0.2) is 4.79 Å². The molecule has 0 aliphatic carbocycles. The summed E-state index contributed by atoms with van der Waals surface area (Å²) in [6, 6.07) is 1.37. The Morgan fingerprint density at radius 3 is 2.42 bits per heavy atom. The predicted octanol–water partition coefficient (Wildman–Crippen LogP) is 3.06. The highest BCUT2D eigenvalue weighted by Gasteiger charge is 2.20. The summed E-state index contributed by atoms with van der Waals surface area (Å²) >= 11 is 6.21. The molecule has 0 fully saturated rings. The van der Waals surface area contributed by atoms with Gasteiger partial charge < -0.3 is 10.2 Å². The van der Waals surface area contributed by atoms with E-state index in [1.807, 2.05) is 6.92 Å². The number of aromatic nitrogens is 2. The third-order valence-corrected chi connectivity index (χ3v) is 3.82. The third kappa shape index (κ3) is 2.06. The molecule has 0 amide bonds. The lowest BCUT2D eigenvalue weighted by Crippen LogP contribution is -1.95. The molecule has 6 heteroatoms. The SMILES string of the molecule is Cc1c(C)c(Cl)c(C)c(-c2cc(C(=O)O)[nH]n2)c1O. The number of halogens is 1. The lowest BCUT2D eigenvalue weighted by molar-refractivity contribution is 0.0690. The number of phenols is 1. The summed E-state index contributed by atoms with van der Waals surface area (Å²) in [5.41, 5.74) is 2.91. The quantitative estimate of drug-likeness (QED) is 0.789. The van der Waals surface area contributed by atoms with Crippen molar-refractivity contribution < 1.29 is 15.0 Å². The van der Waals surface area contributed by atoms with Crippen molar-refractivity contribution in [3.05, 3.63) is 33.5 Å². The van der Waals surface area contributed by atoms with E-state index in [0.29, 0.717) is 27.4 Å². The second-order valence-corrected chi connectivity index (χ2v) is 4.76. The Labute approximate surface area is 114 Å². The summed E-state index contributed by atoms with van der Waals surface area (Å²) in [5.74, 6) is -1.03. The lowest BCUT2D eigenvalue weighted by atomic mass is 9.96. The number of aromatic amines is 1. The number of phenolic OH excluding ortho intramolecular Hbond substituents is 1. The van der Waals surface area contributed by atoms with E-state index in [-0.39, 0.29) is 11.4 Å². The van der Waals surface area contributed by atoms with E-state index >= 15 is 0 Å². The highest BCUT2D eigenvalue weighted by molar-refractivity contribution is 6.32. The van der Waals surface area contributed by atoms with E-state index in [1.54, 1.807) is 13.8 Å². The number of nitrogens with one attached hydrogen (secondary N) is 1. The van der Waals surface area contributed by atoms with Crippen LogP contribution >= 0.6 is 11.6 Å². The third-order valence-electron chi connectivity index (χ3n) is 3.25. The van der Waals surface area contributed by atoms with Crippen LogP contribution in [0.5, 0.6) is 5.75 Å². The fraction of sp³-hybridized carbons (Fsp3) is 0.231. The van der Waals surface area contributed by atoms with Crippen molar-refractivity contribution in [1.82, 2.24) is 10.2 Å². The molecule has 2 aromatic rings. The monoisotopic (exact) mass is 280 g/mol. The van der Waals surface area contributed by atoms with Crippen molar-refractivity contribution >= 4 is 17.6 Å². The minimum absolute atomic E-state index is 0.0387. The smallest absolute Gasteiger partial charge is 0.353 e. The summed E-state index contributed by atoms with van der Waals surface area (Å²) in [7, 11) is 0. The molecule has 0 spiro atoms. The molecule has 5 nitrogen and oxygen atoms in total. The van der Waals surface area contributed by atoms with Gasteiger partial charge in [-0.2, -0.15) is 5.10 Å². The lowest BCUT2D eigenvalue weighted by Gasteiger charge is -2.14. The fourth-order valence-corrected chi connectivity index (χ4v) is 2.21. The molecule has 0 aliphatic heterocycles.